The molecule has 1 heterocycles. The first-order valence-corrected chi connectivity index (χ1v) is 8.37. The van der Waals surface area contributed by atoms with E-state index in [2.05, 4.69) is 57.1 Å². The van der Waals surface area contributed by atoms with Gasteiger partial charge in [-0.2, -0.15) is 0 Å². The first-order valence-electron chi connectivity index (χ1n) is 8.37. The molecule has 0 atom stereocenters. The molecular formula is C18H28IN5. The van der Waals surface area contributed by atoms with Gasteiger partial charge in [0.25, 0.3) is 0 Å². The van der Waals surface area contributed by atoms with Gasteiger partial charge in [-0.05, 0) is 24.8 Å². The molecule has 1 aromatic heterocycles. The van der Waals surface area contributed by atoms with Crippen LogP contribution in [0.2, 0.25) is 0 Å². The van der Waals surface area contributed by atoms with Gasteiger partial charge in [-0.15, -0.1) is 24.0 Å². The van der Waals surface area contributed by atoms with E-state index in [1.54, 1.807) is 0 Å². The number of guanidine groups is 1. The Morgan fingerprint density at radius 3 is 2.79 bits per heavy atom. The normalized spacial score (nSPS) is 11.1. The number of aryl methyl sites for hydroxylation is 2. The van der Waals surface area contributed by atoms with Crippen LogP contribution in [0.15, 0.2) is 47.7 Å². The standard InChI is InChI=1S/C18H27N5.HI/c1-2-3-11-21-18(19)22-15-17-20-12-14-23(17)13-7-10-16-8-5-4-6-9-16;/h4-6,8-9,12,14H,2-3,7,10-11,13,15H2,1H3,(H3,19,21,22);1H. The molecule has 132 valence electrons. The second-order valence-electron chi connectivity index (χ2n) is 5.61. The Hall–Kier alpha value is -1.57. The zero-order valence-corrected chi connectivity index (χ0v) is 16.6. The largest absolute Gasteiger partial charge is 0.370 e. The molecule has 0 saturated heterocycles. The van der Waals surface area contributed by atoms with Gasteiger partial charge in [0.1, 0.15) is 12.4 Å². The Morgan fingerprint density at radius 1 is 1.25 bits per heavy atom. The van der Waals surface area contributed by atoms with Crippen LogP contribution in [0.5, 0.6) is 0 Å². The van der Waals surface area contributed by atoms with Crippen LogP contribution in [0.3, 0.4) is 0 Å². The lowest BCUT2D eigenvalue weighted by atomic mass is 10.1. The average Bonchev–Trinajstić information content (AvgIpc) is 3.02. The van der Waals surface area contributed by atoms with Crippen LogP contribution in [0.4, 0.5) is 0 Å². The highest BCUT2D eigenvalue weighted by Gasteiger charge is 2.02. The quantitative estimate of drug-likeness (QED) is 0.272. The number of nitrogens with one attached hydrogen (secondary N) is 1. The van der Waals surface area contributed by atoms with Crippen LogP contribution in [-0.4, -0.2) is 22.1 Å². The predicted molar refractivity (Wildman–Crippen MR) is 111 cm³/mol. The Balaban J connectivity index is 0.00000288. The zero-order chi connectivity index (χ0) is 16.3. The fourth-order valence-electron chi connectivity index (χ4n) is 2.40. The topological polar surface area (TPSA) is 68.2 Å². The lowest BCUT2D eigenvalue weighted by molar-refractivity contribution is 0.611. The maximum Gasteiger partial charge on any atom is 0.189 e. The van der Waals surface area contributed by atoms with Gasteiger partial charge in [0.15, 0.2) is 5.96 Å². The van der Waals surface area contributed by atoms with E-state index >= 15 is 0 Å². The van der Waals surface area contributed by atoms with Crippen molar-refractivity contribution in [1.29, 1.82) is 0 Å². The molecule has 1 aromatic carbocycles. The highest BCUT2D eigenvalue weighted by atomic mass is 127. The van der Waals surface area contributed by atoms with Crippen molar-refractivity contribution in [2.24, 2.45) is 10.7 Å². The number of nitrogens with zero attached hydrogens (tertiary/aromatic N) is 3. The maximum absolute atomic E-state index is 5.86. The van der Waals surface area contributed by atoms with Crippen molar-refractivity contribution in [2.45, 2.75) is 45.7 Å². The van der Waals surface area contributed by atoms with Gasteiger partial charge in [-0.1, -0.05) is 43.7 Å². The zero-order valence-electron chi connectivity index (χ0n) is 14.3. The van der Waals surface area contributed by atoms with Crippen molar-refractivity contribution in [3.8, 4) is 0 Å². The van der Waals surface area contributed by atoms with E-state index in [0.717, 1.165) is 44.6 Å². The van der Waals surface area contributed by atoms with E-state index in [9.17, 15) is 0 Å². The molecule has 0 aliphatic heterocycles. The third-order valence-electron chi connectivity index (χ3n) is 3.74. The number of unbranched alkanes of at least 4 members (excludes halogenated alkanes) is 1. The van der Waals surface area contributed by atoms with Crippen molar-refractivity contribution < 1.29 is 0 Å². The molecular weight excluding hydrogens is 413 g/mol. The molecule has 24 heavy (non-hydrogen) atoms. The first kappa shape index (κ1) is 20.5. The summed E-state index contributed by atoms with van der Waals surface area (Å²) in [5.74, 6) is 1.45. The average molecular weight is 441 g/mol. The molecule has 0 radical (unpaired) electrons. The van der Waals surface area contributed by atoms with Crippen molar-refractivity contribution in [3.05, 3.63) is 54.1 Å². The Morgan fingerprint density at radius 2 is 2.04 bits per heavy atom. The number of rotatable bonds is 9. The molecule has 0 bridgehead atoms. The molecule has 0 saturated carbocycles. The minimum Gasteiger partial charge on any atom is -0.370 e. The number of benzene rings is 1. The molecule has 0 unspecified atom stereocenters. The molecule has 6 heteroatoms. The number of halogens is 1. The summed E-state index contributed by atoms with van der Waals surface area (Å²) >= 11 is 0. The summed E-state index contributed by atoms with van der Waals surface area (Å²) in [5.41, 5.74) is 7.23. The second-order valence-corrected chi connectivity index (χ2v) is 5.61. The van der Waals surface area contributed by atoms with E-state index in [4.69, 9.17) is 5.73 Å². The van der Waals surface area contributed by atoms with Gasteiger partial charge in [0, 0.05) is 25.5 Å². The number of nitrogens with two attached hydrogens (primary N) is 1. The van der Waals surface area contributed by atoms with Gasteiger partial charge in [0.2, 0.25) is 0 Å². The molecule has 5 nitrogen and oxygen atoms in total. The number of aliphatic imine (C=N–C) groups is 1. The fourth-order valence-corrected chi connectivity index (χ4v) is 2.40. The lowest BCUT2D eigenvalue weighted by Gasteiger charge is -2.08. The Labute approximate surface area is 161 Å². The summed E-state index contributed by atoms with van der Waals surface area (Å²) in [7, 11) is 0. The molecule has 0 spiro atoms. The smallest absolute Gasteiger partial charge is 0.189 e. The first-order chi connectivity index (χ1) is 11.3. The SMILES string of the molecule is CCCCNC(N)=NCc1nccn1CCCc1ccccc1.I. The van der Waals surface area contributed by atoms with E-state index in [-0.39, 0.29) is 24.0 Å². The van der Waals surface area contributed by atoms with Crippen LogP contribution in [0, 0.1) is 0 Å². The van der Waals surface area contributed by atoms with Crippen LogP contribution < -0.4 is 11.1 Å². The number of aromatic nitrogens is 2. The van der Waals surface area contributed by atoms with Gasteiger partial charge >= 0.3 is 0 Å². The van der Waals surface area contributed by atoms with Crippen molar-refractivity contribution in [2.75, 3.05) is 6.54 Å². The summed E-state index contributed by atoms with van der Waals surface area (Å²) in [6.07, 6.45) is 8.24. The van der Waals surface area contributed by atoms with Crippen LogP contribution in [0.25, 0.3) is 0 Å². The minimum absolute atomic E-state index is 0. The predicted octanol–water partition coefficient (Wildman–Crippen LogP) is 3.34. The fraction of sp³-hybridized carbons (Fsp3) is 0.444. The lowest BCUT2D eigenvalue weighted by Crippen LogP contribution is -2.32. The highest BCUT2D eigenvalue weighted by Crippen LogP contribution is 2.06. The third-order valence-corrected chi connectivity index (χ3v) is 3.74. The molecule has 0 aliphatic rings. The summed E-state index contributed by atoms with van der Waals surface area (Å²) in [5, 5.41) is 3.12. The molecule has 3 N–H and O–H groups in total. The van der Waals surface area contributed by atoms with E-state index in [0.29, 0.717) is 12.5 Å². The van der Waals surface area contributed by atoms with Gasteiger partial charge in [-0.3, -0.25) is 0 Å². The van der Waals surface area contributed by atoms with Gasteiger partial charge < -0.3 is 15.6 Å². The monoisotopic (exact) mass is 441 g/mol. The van der Waals surface area contributed by atoms with Gasteiger partial charge in [-0.25, -0.2) is 9.98 Å². The number of imidazole rings is 1. The molecule has 2 rings (SSSR count). The number of hydrogen-bond donors (Lipinski definition) is 2. The summed E-state index contributed by atoms with van der Waals surface area (Å²) in [6.45, 7) is 4.49. The van der Waals surface area contributed by atoms with E-state index in [1.807, 2.05) is 12.4 Å². The summed E-state index contributed by atoms with van der Waals surface area (Å²) < 4.78 is 2.16. The van der Waals surface area contributed by atoms with Crippen LogP contribution in [0.1, 0.15) is 37.6 Å². The summed E-state index contributed by atoms with van der Waals surface area (Å²) in [6, 6.07) is 10.6. The second kappa shape index (κ2) is 11.9. The molecule has 0 aliphatic carbocycles. The van der Waals surface area contributed by atoms with Crippen LogP contribution >= 0.6 is 24.0 Å². The highest BCUT2D eigenvalue weighted by molar-refractivity contribution is 14.0. The minimum atomic E-state index is 0. The van der Waals surface area contributed by atoms with E-state index < -0.39 is 0 Å². The number of hydrogen-bond acceptors (Lipinski definition) is 2. The molecule has 2 aromatic rings. The Kier molecular flexibility index (Phi) is 10.1. The summed E-state index contributed by atoms with van der Waals surface area (Å²) in [4.78, 5) is 8.75. The Bertz CT molecular complexity index is 594. The van der Waals surface area contributed by atoms with Crippen molar-refractivity contribution in [1.82, 2.24) is 14.9 Å². The molecule has 0 amide bonds. The van der Waals surface area contributed by atoms with Crippen molar-refractivity contribution >= 4 is 29.9 Å². The van der Waals surface area contributed by atoms with Crippen LogP contribution in [-0.2, 0) is 19.5 Å². The maximum atomic E-state index is 5.86. The van der Waals surface area contributed by atoms with E-state index in [1.165, 1.54) is 5.56 Å². The molecule has 0 fully saturated rings. The van der Waals surface area contributed by atoms with Crippen molar-refractivity contribution in [3.63, 3.8) is 0 Å². The third kappa shape index (κ3) is 7.33. The van der Waals surface area contributed by atoms with Gasteiger partial charge in [0.05, 0.1) is 0 Å².